The molecular weight excluding hydrogens is 352 g/mol. The Hall–Kier alpha value is -1.01. The molecule has 2 amide bonds. The summed E-state index contributed by atoms with van der Waals surface area (Å²) in [6.45, 7) is 2.16. The first kappa shape index (κ1) is 16.4. The summed E-state index contributed by atoms with van der Waals surface area (Å²) in [4.78, 5) is 26.5. The molecule has 0 unspecified atom stereocenters. The number of amides is 2. The summed E-state index contributed by atoms with van der Waals surface area (Å²) in [6, 6.07) is 7.85. The fraction of sp³-hybridized carbons (Fsp3) is 0.467. The first-order chi connectivity index (χ1) is 10.1. The molecule has 1 fully saturated rings. The molecule has 1 heterocycles. The molecule has 0 spiro atoms. The highest BCUT2D eigenvalue weighted by molar-refractivity contribution is 9.10. The van der Waals surface area contributed by atoms with E-state index in [4.69, 9.17) is 0 Å². The average Bonchev–Trinajstić information content (AvgIpc) is 3.01. The number of nitrogens with one attached hydrogen (secondary N) is 1. The van der Waals surface area contributed by atoms with Gasteiger partial charge in [0.2, 0.25) is 11.8 Å². The minimum atomic E-state index is -0.0304. The van der Waals surface area contributed by atoms with Gasteiger partial charge in [-0.15, -0.1) is 11.8 Å². The number of nitrogens with zero attached hydrogens (tertiary/aromatic N) is 1. The van der Waals surface area contributed by atoms with Crippen LogP contribution in [0.5, 0.6) is 0 Å². The van der Waals surface area contributed by atoms with Gasteiger partial charge >= 0.3 is 0 Å². The first-order valence-electron chi connectivity index (χ1n) is 7.08. The van der Waals surface area contributed by atoms with Gasteiger partial charge in [0.1, 0.15) is 0 Å². The van der Waals surface area contributed by atoms with Gasteiger partial charge in [-0.05, 0) is 37.1 Å². The Morgan fingerprint density at radius 3 is 2.52 bits per heavy atom. The monoisotopic (exact) mass is 370 g/mol. The zero-order valence-electron chi connectivity index (χ0n) is 11.8. The van der Waals surface area contributed by atoms with Crippen LogP contribution in [0.15, 0.2) is 33.6 Å². The van der Waals surface area contributed by atoms with E-state index in [1.54, 1.807) is 0 Å². The minimum absolute atomic E-state index is 0.0304. The number of hydrogen-bond acceptors (Lipinski definition) is 3. The molecule has 0 aliphatic carbocycles. The molecular formula is C15H19BrN2O2S. The summed E-state index contributed by atoms with van der Waals surface area (Å²) >= 11 is 4.87. The van der Waals surface area contributed by atoms with Crippen LogP contribution in [0, 0.1) is 0 Å². The maximum absolute atomic E-state index is 11.8. The molecule has 6 heteroatoms. The van der Waals surface area contributed by atoms with E-state index in [9.17, 15) is 9.59 Å². The Bertz CT molecular complexity index is 487. The summed E-state index contributed by atoms with van der Waals surface area (Å²) in [5.74, 6) is 0.491. The third-order valence-corrected chi connectivity index (χ3v) is 4.84. The van der Waals surface area contributed by atoms with Gasteiger partial charge in [0, 0.05) is 35.4 Å². The van der Waals surface area contributed by atoms with E-state index in [-0.39, 0.29) is 11.8 Å². The van der Waals surface area contributed by atoms with E-state index >= 15 is 0 Å². The Labute approximate surface area is 137 Å². The van der Waals surface area contributed by atoms with Crippen molar-refractivity contribution in [1.82, 2.24) is 10.2 Å². The summed E-state index contributed by atoms with van der Waals surface area (Å²) < 4.78 is 1.02. The number of benzene rings is 1. The number of thioether (sulfide) groups is 1. The molecule has 1 aromatic rings. The van der Waals surface area contributed by atoms with Crippen molar-refractivity contribution >= 4 is 39.5 Å². The largest absolute Gasteiger partial charge is 0.355 e. The fourth-order valence-electron chi connectivity index (χ4n) is 2.16. The standard InChI is InChI=1S/C15H19BrN2O2S/c16-12-3-5-13(6-4-12)21-11-14(19)17-8-7-15(20)18-9-1-2-10-18/h3-6H,1-2,7-11H2,(H,17,19). The van der Waals surface area contributed by atoms with Gasteiger partial charge in [0.05, 0.1) is 5.75 Å². The third kappa shape index (κ3) is 5.71. The van der Waals surface area contributed by atoms with Crippen molar-refractivity contribution in [2.75, 3.05) is 25.4 Å². The van der Waals surface area contributed by atoms with Crippen LogP contribution in [-0.4, -0.2) is 42.1 Å². The second-order valence-corrected chi connectivity index (χ2v) is 6.89. The van der Waals surface area contributed by atoms with Gasteiger partial charge in [-0.2, -0.15) is 0 Å². The topological polar surface area (TPSA) is 49.4 Å². The van der Waals surface area contributed by atoms with Crippen molar-refractivity contribution in [3.8, 4) is 0 Å². The van der Waals surface area contributed by atoms with E-state index in [1.807, 2.05) is 29.2 Å². The highest BCUT2D eigenvalue weighted by atomic mass is 79.9. The Morgan fingerprint density at radius 1 is 1.19 bits per heavy atom. The van der Waals surface area contributed by atoms with Crippen molar-refractivity contribution in [3.05, 3.63) is 28.7 Å². The SMILES string of the molecule is O=C(CSc1ccc(Br)cc1)NCCC(=O)N1CCCC1. The lowest BCUT2D eigenvalue weighted by molar-refractivity contribution is -0.130. The predicted octanol–water partition coefficient (Wildman–Crippen LogP) is 2.67. The number of carbonyl (C=O) groups is 2. The first-order valence-corrected chi connectivity index (χ1v) is 8.86. The lowest BCUT2D eigenvalue weighted by Crippen LogP contribution is -2.33. The van der Waals surface area contributed by atoms with Crippen LogP contribution in [-0.2, 0) is 9.59 Å². The van der Waals surface area contributed by atoms with E-state index < -0.39 is 0 Å². The third-order valence-electron chi connectivity index (χ3n) is 3.30. The summed E-state index contributed by atoms with van der Waals surface area (Å²) in [5.41, 5.74) is 0. The van der Waals surface area contributed by atoms with Crippen LogP contribution < -0.4 is 5.32 Å². The van der Waals surface area contributed by atoms with Crippen LogP contribution in [0.1, 0.15) is 19.3 Å². The zero-order valence-corrected chi connectivity index (χ0v) is 14.2. The van der Waals surface area contributed by atoms with Crippen molar-refractivity contribution < 1.29 is 9.59 Å². The molecule has 4 nitrogen and oxygen atoms in total. The molecule has 114 valence electrons. The van der Waals surface area contributed by atoms with E-state index in [2.05, 4.69) is 21.2 Å². The van der Waals surface area contributed by atoms with Gasteiger partial charge < -0.3 is 10.2 Å². The van der Waals surface area contributed by atoms with Crippen LogP contribution in [0.4, 0.5) is 0 Å². The normalized spacial score (nSPS) is 14.2. The molecule has 1 saturated heterocycles. The molecule has 0 radical (unpaired) electrons. The second-order valence-electron chi connectivity index (χ2n) is 4.93. The molecule has 1 aromatic carbocycles. The molecule has 0 bridgehead atoms. The van der Waals surface area contributed by atoms with Crippen molar-refractivity contribution in [3.63, 3.8) is 0 Å². The molecule has 1 aliphatic heterocycles. The van der Waals surface area contributed by atoms with Crippen LogP contribution >= 0.6 is 27.7 Å². The average molecular weight is 371 g/mol. The molecule has 0 aromatic heterocycles. The second kappa shape index (κ2) is 8.44. The summed E-state index contributed by atoms with van der Waals surface area (Å²) in [6.07, 6.45) is 2.60. The maximum Gasteiger partial charge on any atom is 0.230 e. The lowest BCUT2D eigenvalue weighted by atomic mass is 10.3. The van der Waals surface area contributed by atoms with Gasteiger partial charge in [0.15, 0.2) is 0 Å². The summed E-state index contributed by atoms with van der Waals surface area (Å²) in [5, 5.41) is 2.80. The lowest BCUT2D eigenvalue weighted by Gasteiger charge is -2.15. The number of hydrogen-bond donors (Lipinski definition) is 1. The number of likely N-dealkylation sites (tertiary alicyclic amines) is 1. The number of carbonyl (C=O) groups excluding carboxylic acids is 2. The molecule has 2 rings (SSSR count). The highest BCUT2D eigenvalue weighted by Crippen LogP contribution is 2.20. The minimum Gasteiger partial charge on any atom is -0.355 e. The molecule has 0 saturated carbocycles. The van der Waals surface area contributed by atoms with Crippen LogP contribution in [0.25, 0.3) is 0 Å². The van der Waals surface area contributed by atoms with E-state index in [1.165, 1.54) is 11.8 Å². The Balaban J connectivity index is 1.61. The van der Waals surface area contributed by atoms with Gasteiger partial charge in [-0.1, -0.05) is 15.9 Å². The molecule has 1 aliphatic rings. The van der Waals surface area contributed by atoms with Crippen LogP contribution in [0.3, 0.4) is 0 Å². The van der Waals surface area contributed by atoms with Crippen LogP contribution in [0.2, 0.25) is 0 Å². The van der Waals surface area contributed by atoms with Crippen molar-refractivity contribution in [1.29, 1.82) is 0 Å². The maximum atomic E-state index is 11.8. The Morgan fingerprint density at radius 2 is 1.86 bits per heavy atom. The van der Waals surface area contributed by atoms with Gasteiger partial charge in [-0.25, -0.2) is 0 Å². The number of rotatable bonds is 6. The van der Waals surface area contributed by atoms with E-state index in [0.29, 0.717) is 18.7 Å². The molecule has 21 heavy (non-hydrogen) atoms. The fourth-order valence-corrected chi connectivity index (χ4v) is 3.16. The summed E-state index contributed by atoms with van der Waals surface area (Å²) in [7, 11) is 0. The smallest absolute Gasteiger partial charge is 0.230 e. The van der Waals surface area contributed by atoms with Gasteiger partial charge in [-0.3, -0.25) is 9.59 Å². The highest BCUT2D eigenvalue weighted by Gasteiger charge is 2.17. The van der Waals surface area contributed by atoms with E-state index in [0.717, 1.165) is 35.3 Å². The molecule has 0 atom stereocenters. The zero-order chi connectivity index (χ0) is 15.1. The van der Waals surface area contributed by atoms with Crippen molar-refractivity contribution in [2.45, 2.75) is 24.2 Å². The Kier molecular flexibility index (Phi) is 6.57. The quantitative estimate of drug-likeness (QED) is 0.783. The number of halogens is 1. The predicted molar refractivity (Wildman–Crippen MR) is 88.3 cm³/mol. The van der Waals surface area contributed by atoms with Crippen molar-refractivity contribution in [2.24, 2.45) is 0 Å². The van der Waals surface area contributed by atoms with Gasteiger partial charge in [0.25, 0.3) is 0 Å². The molecule has 1 N–H and O–H groups in total.